The Morgan fingerprint density at radius 3 is 2.64 bits per heavy atom. The van der Waals surface area contributed by atoms with Crippen molar-refractivity contribution in [3.63, 3.8) is 0 Å². The zero-order valence-corrected chi connectivity index (χ0v) is 16.6. The van der Waals surface area contributed by atoms with Crippen molar-refractivity contribution < 1.29 is 13.6 Å². The molecule has 0 aliphatic carbocycles. The van der Waals surface area contributed by atoms with E-state index in [2.05, 4.69) is 23.1 Å². The Kier molecular flexibility index (Phi) is 6.39. The van der Waals surface area contributed by atoms with Gasteiger partial charge in [-0.2, -0.15) is 0 Å². The van der Waals surface area contributed by atoms with Crippen LogP contribution >= 0.6 is 36.0 Å². The second-order valence-corrected chi connectivity index (χ2v) is 6.84. The number of nitrogens with one attached hydrogen (secondary N) is 1. The predicted octanol–water partition coefficient (Wildman–Crippen LogP) is 5.89. The first-order chi connectivity index (χ1) is 13.4. The van der Waals surface area contributed by atoms with Crippen molar-refractivity contribution in [3.05, 3.63) is 82.0 Å². The molecule has 2 amide bonds. The normalized spacial score (nSPS) is 10.6. The molecule has 0 aliphatic rings. The zero-order chi connectivity index (χ0) is 20.3. The summed E-state index contributed by atoms with van der Waals surface area (Å²) in [5, 5.41) is 3.10. The number of thiol groups is 1. The maximum atomic E-state index is 14.1. The van der Waals surface area contributed by atoms with Gasteiger partial charge in [-0.1, -0.05) is 54.2 Å². The molecule has 144 valence electrons. The van der Waals surface area contributed by atoms with Gasteiger partial charge in [-0.25, -0.2) is 17.9 Å². The fourth-order valence-electron chi connectivity index (χ4n) is 2.52. The summed E-state index contributed by atoms with van der Waals surface area (Å²) in [4.78, 5) is 16.6. The van der Waals surface area contributed by atoms with E-state index in [1.165, 1.54) is 18.3 Å². The summed E-state index contributed by atoms with van der Waals surface area (Å²) in [6.07, 6.45) is 1.46. The average molecular weight is 440 g/mol. The Balaban J connectivity index is 1.81. The number of benzene rings is 2. The van der Waals surface area contributed by atoms with Crippen molar-refractivity contribution in [1.29, 1.82) is 0 Å². The molecule has 4 nitrogen and oxygen atoms in total. The first kappa shape index (κ1) is 20.4. The van der Waals surface area contributed by atoms with Crippen LogP contribution in [0.4, 0.5) is 19.3 Å². The maximum Gasteiger partial charge on any atom is 0.332 e. The van der Waals surface area contributed by atoms with Gasteiger partial charge in [-0.3, -0.25) is 4.98 Å². The fraction of sp³-hybridized carbons (Fsp3) is 0.0526. The van der Waals surface area contributed by atoms with Crippen LogP contribution in [0.1, 0.15) is 5.56 Å². The van der Waals surface area contributed by atoms with Crippen LogP contribution in [0, 0.1) is 11.6 Å². The quantitative estimate of drug-likeness (QED) is 0.497. The lowest BCUT2D eigenvalue weighted by Crippen LogP contribution is -2.33. The van der Waals surface area contributed by atoms with Gasteiger partial charge in [0.1, 0.15) is 0 Å². The number of carbonyl (C=O) groups excluding carboxylic acids is 1. The molecule has 0 aliphatic heterocycles. The molecule has 0 unspecified atom stereocenters. The lowest BCUT2D eigenvalue weighted by atomic mass is 10.0. The molecule has 0 fully saturated rings. The molecule has 1 heterocycles. The highest BCUT2D eigenvalue weighted by molar-refractivity contribution is 7.82. The van der Waals surface area contributed by atoms with Crippen molar-refractivity contribution in [3.8, 4) is 11.3 Å². The fourth-order valence-corrected chi connectivity index (χ4v) is 3.20. The summed E-state index contributed by atoms with van der Waals surface area (Å²) in [5.74, 6) is -1.98. The van der Waals surface area contributed by atoms with Crippen LogP contribution < -0.4 is 9.62 Å². The molecule has 0 saturated carbocycles. The second kappa shape index (κ2) is 8.77. The predicted molar refractivity (Wildman–Crippen MR) is 110 cm³/mol. The van der Waals surface area contributed by atoms with Gasteiger partial charge in [0, 0.05) is 18.3 Å². The second-order valence-electron chi connectivity index (χ2n) is 5.66. The molecule has 0 bridgehead atoms. The maximum absolute atomic E-state index is 14.1. The molecule has 3 rings (SSSR count). The Labute approximate surface area is 175 Å². The molecule has 0 atom stereocenters. The Bertz CT molecular complexity index is 1040. The number of amides is 2. The molecule has 3 aromatic rings. The van der Waals surface area contributed by atoms with Crippen molar-refractivity contribution in [2.24, 2.45) is 0 Å². The highest BCUT2D eigenvalue weighted by atomic mass is 35.5. The average Bonchev–Trinajstić information content (AvgIpc) is 2.70. The summed E-state index contributed by atoms with van der Waals surface area (Å²) in [6, 6.07) is 11.3. The molecule has 0 spiro atoms. The van der Waals surface area contributed by atoms with Crippen LogP contribution in [0.2, 0.25) is 10.0 Å². The molecule has 0 radical (unpaired) electrons. The van der Waals surface area contributed by atoms with Gasteiger partial charge < -0.3 is 5.32 Å². The highest BCUT2D eigenvalue weighted by Crippen LogP contribution is 2.33. The number of pyridine rings is 1. The topological polar surface area (TPSA) is 45.2 Å². The SMILES string of the molecule is O=C(NCc1cccnc1-c1cccc(F)c1F)N(S)c1cccc(Cl)c1Cl. The molecule has 1 aromatic heterocycles. The van der Waals surface area contributed by atoms with Gasteiger partial charge in [-0.15, -0.1) is 0 Å². The third kappa shape index (κ3) is 4.22. The highest BCUT2D eigenvalue weighted by Gasteiger charge is 2.18. The molecular formula is C19H13Cl2F2N3OS. The van der Waals surface area contributed by atoms with E-state index in [1.54, 1.807) is 30.3 Å². The third-order valence-corrected chi connectivity index (χ3v) is 5.09. The minimum atomic E-state index is -1.00. The van der Waals surface area contributed by atoms with Crippen LogP contribution in [0.25, 0.3) is 11.3 Å². The third-order valence-electron chi connectivity index (χ3n) is 3.88. The Morgan fingerprint density at radius 2 is 1.86 bits per heavy atom. The summed E-state index contributed by atoms with van der Waals surface area (Å²) in [7, 11) is 0. The van der Waals surface area contributed by atoms with Gasteiger partial charge in [-0.05, 0) is 35.9 Å². The molecule has 1 N–H and O–H groups in total. The van der Waals surface area contributed by atoms with E-state index in [1.807, 2.05) is 0 Å². The Morgan fingerprint density at radius 1 is 1.11 bits per heavy atom. The number of rotatable bonds is 4. The number of urea groups is 1. The van der Waals surface area contributed by atoms with E-state index in [-0.39, 0.29) is 27.8 Å². The van der Waals surface area contributed by atoms with Crippen molar-refractivity contribution in [1.82, 2.24) is 10.3 Å². The minimum Gasteiger partial charge on any atom is -0.333 e. The smallest absolute Gasteiger partial charge is 0.332 e. The molecule has 2 aromatic carbocycles. The first-order valence-corrected chi connectivity index (χ1v) is 9.15. The van der Waals surface area contributed by atoms with Crippen molar-refractivity contribution in [2.45, 2.75) is 6.54 Å². The lowest BCUT2D eigenvalue weighted by Gasteiger charge is -2.19. The van der Waals surface area contributed by atoms with E-state index >= 15 is 0 Å². The van der Waals surface area contributed by atoms with E-state index in [0.717, 1.165) is 10.4 Å². The lowest BCUT2D eigenvalue weighted by molar-refractivity contribution is 0.249. The van der Waals surface area contributed by atoms with Gasteiger partial charge >= 0.3 is 6.03 Å². The standard InChI is InChI=1S/C19H13Cl2F2N3OS/c20-13-6-2-8-15(16(13)21)26(28)19(27)25-10-11-4-3-9-24-18(11)12-5-1-7-14(22)17(12)23/h1-9,28H,10H2,(H,25,27). The number of nitrogens with zero attached hydrogens (tertiary/aromatic N) is 2. The summed E-state index contributed by atoms with van der Waals surface area (Å²) >= 11 is 16.2. The van der Waals surface area contributed by atoms with Crippen LogP contribution in [-0.4, -0.2) is 11.0 Å². The van der Waals surface area contributed by atoms with Gasteiger partial charge in [0.2, 0.25) is 0 Å². The summed E-state index contributed by atoms with van der Waals surface area (Å²) < 4.78 is 28.7. The van der Waals surface area contributed by atoms with E-state index in [0.29, 0.717) is 11.3 Å². The number of anilines is 1. The van der Waals surface area contributed by atoms with Crippen LogP contribution in [-0.2, 0) is 6.54 Å². The largest absolute Gasteiger partial charge is 0.333 e. The summed E-state index contributed by atoms with van der Waals surface area (Å²) in [6.45, 7) is 0.00715. The van der Waals surface area contributed by atoms with Crippen molar-refractivity contribution >= 4 is 47.7 Å². The van der Waals surface area contributed by atoms with E-state index in [9.17, 15) is 13.6 Å². The molecular weight excluding hydrogens is 427 g/mol. The van der Waals surface area contributed by atoms with Gasteiger partial charge in [0.15, 0.2) is 11.6 Å². The van der Waals surface area contributed by atoms with Gasteiger partial charge in [0.25, 0.3) is 0 Å². The first-order valence-electron chi connectivity index (χ1n) is 7.99. The van der Waals surface area contributed by atoms with Crippen LogP contribution in [0.3, 0.4) is 0 Å². The number of carbonyl (C=O) groups is 1. The summed E-state index contributed by atoms with van der Waals surface area (Å²) in [5.41, 5.74) is 1.04. The number of halogens is 4. The number of hydrogen-bond acceptors (Lipinski definition) is 3. The van der Waals surface area contributed by atoms with Crippen LogP contribution in [0.5, 0.6) is 0 Å². The molecule has 0 saturated heterocycles. The van der Waals surface area contributed by atoms with E-state index in [4.69, 9.17) is 23.2 Å². The van der Waals surface area contributed by atoms with E-state index < -0.39 is 17.7 Å². The van der Waals surface area contributed by atoms with Crippen molar-refractivity contribution in [2.75, 3.05) is 4.31 Å². The van der Waals surface area contributed by atoms with Crippen LogP contribution in [0.15, 0.2) is 54.7 Å². The monoisotopic (exact) mass is 439 g/mol. The number of hydrogen-bond donors (Lipinski definition) is 2. The molecule has 9 heteroatoms. The Hall–Kier alpha value is -2.35. The molecule has 28 heavy (non-hydrogen) atoms. The van der Waals surface area contributed by atoms with Gasteiger partial charge in [0.05, 0.1) is 21.4 Å². The zero-order valence-electron chi connectivity index (χ0n) is 14.2. The number of aromatic nitrogens is 1. The minimum absolute atomic E-state index is 0.00506.